The molecule has 1 aromatic carbocycles. The zero-order chi connectivity index (χ0) is 16.7. The monoisotopic (exact) mass is 311 g/mol. The van der Waals surface area contributed by atoms with Crippen molar-refractivity contribution in [2.45, 2.75) is 25.7 Å². The number of aromatic nitrogens is 1. The highest BCUT2D eigenvalue weighted by molar-refractivity contribution is 6.05. The molecule has 23 heavy (non-hydrogen) atoms. The average Bonchev–Trinajstić information content (AvgIpc) is 2.55. The molecule has 0 aliphatic carbocycles. The van der Waals surface area contributed by atoms with Crippen LogP contribution in [0.4, 0.5) is 5.82 Å². The highest BCUT2D eigenvalue weighted by Crippen LogP contribution is 2.22. The maximum Gasteiger partial charge on any atom is 0.231 e. The van der Waals surface area contributed by atoms with Crippen molar-refractivity contribution in [1.29, 1.82) is 5.41 Å². The fourth-order valence-corrected chi connectivity index (χ4v) is 2.31. The minimum atomic E-state index is -0.212. The quantitative estimate of drug-likeness (QED) is 0.767. The van der Waals surface area contributed by atoms with Crippen LogP contribution in [0.15, 0.2) is 48.7 Å². The van der Waals surface area contributed by atoms with Gasteiger partial charge in [0.2, 0.25) is 5.91 Å². The van der Waals surface area contributed by atoms with E-state index in [9.17, 15) is 4.79 Å². The van der Waals surface area contributed by atoms with Gasteiger partial charge in [-0.1, -0.05) is 25.1 Å². The van der Waals surface area contributed by atoms with E-state index in [4.69, 9.17) is 10.1 Å². The topological polar surface area (TPSA) is 75.1 Å². The van der Waals surface area contributed by atoms with Crippen LogP contribution >= 0.6 is 0 Å². The van der Waals surface area contributed by atoms with Gasteiger partial charge in [-0.2, -0.15) is 0 Å². The summed E-state index contributed by atoms with van der Waals surface area (Å²) in [7, 11) is 1.63. The number of hydrogen-bond donors (Lipinski definition) is 2. The summed E-state index contributed by atoms with van der Waals surface area (Å²) < 4.78 is 5.14. The van der Waals surface area contributed by atoms with E-state index < -0.39 is 0 Å². The van der Waals surface area contributed by atoms with Crippen LogP contribution in [0.25, 0.3) is 0 Å². The summed E-state index contributed by atoms with van der Waals surface area (Å²) in [6.07, 6.45) is 2.24. The number of pyridine rings is 1. The van der Waals surface area contributed by atoms with Crippen molar-refractivity contribution in [2.24, 2.45) is 0 Å². The van der Waals surface area contributed by atoms with Gasteiger partial charge in [0.25, 0.3) is 0 Å². The van der Waals surface area contributed by atoms with Gasteiger partial charge >= 0.3 is 0 Å². The number of carbonyl (C=O) groups excluding carboxylic acids is 1. The van der Waals surface area contributed by atoms with Gasteiger partial charge in [-0.15, -0.1) is 0 Å². The number of anilines is 1. The van der Waals surface area contributed by atoms with Crippen molar-refractivity contribution < 1.29 is 9.53 Å². The third-order valence-electron chi connectivity index (χ3n) is 3.54. The normalized spacial score (nSPS) is 11.6. The zero-order valence-electron chi connectivity index (χ0n) is 13.4. The van der Waals surface area contributed by atoms with Crippen LogP contribution in [0.5, 0.6) is 5.75 Å². The first-order valence-electron chi connectivity index (χ1n) is 7.49. The Kier molecular flexibility index (Phi) is 5.86. The van der Waals surface area contributed by atoms with E-state index in [0.717, 1.165) is 11.3 Å². The van der Waals surface area contributed by atoms with Gasteiger partial charge in [0.15, 0.2) is 0 Å². The molecule has 0 aliphatic rings. The van der Waals surface area contributed by atoms with Crippen LogP contribution in [0, 0.1) is 5.41 Å². The summed E-state index contributed by atoms with van der Waals surface area (Å²) in [4.78, 5) is 16.0. The van der Waals surface area contributed by atoms with Gasteiger partial charge in [-0.25, -0.2) is 4.98 Å². The minimum Gasteiger partial charge on any atom is -0.497 e. The molecule has 1 heterocycles. The van der Waals surface area contributed by atoms with E-state index in [2.05, 4.69) is 10.3 Å². The molecule has 2 aromatic rings. The van der Waals surface area contributed by atoms with Gasteiger partial charge in [-0.05, 0) is 42.2 Å². The maximum atomic E-state index is 11.9. The molecule has 120 valence electrons. The number of hydrogen-bond acceptors (Lipinski definition) is 4. The number of benzene rings is 1. The van der Waals surface area contributed by atoms with E-state index in [1.165, 1.54) is 0 Å². The summed E-state index contributed by atoms with van der Waals surface area (Å²) in [6.45, 7) is 2.05. The molecule has 0 bridgehead atoms. The Morgan fingerprint density at radius 3 is 2.61 bits per heavy atom. The van der Waals surface area contributed by atoms with E-state index in [0.29, 0.717) is 18.0 Å². The fourth-order valence-electron chi connectivity index (χ4n) is 2.31. The first-order chi connectivity index (χ1) is 11.1. The first-order valence-corrected chi connectivity index (χ1v) is 7.49. The molecule has 1 amide bonds. The molecule has 0 radical (unpaired) electrons. The Hall–Kier alpha value is -2.69. The molecule has 1 unspecified atom stereocenters. The summed E-state index contributed by atoms with van der Waals surface area (Å²) >= 11 is 0. The third kappa shape index (κ3) is 5.21. The lowest BCUT2D eigenvalue weighted by Gasteiger charge is -2.13. The highest BCUT2D eigenvalue weighted by atomic mass is 16.5. The van der Waals surface area contributed by atoms with Crippen LogP contribution in [-0.2, 0) is 4.79 Å². The fraction of sp³-hybridized carbons (Fsp3) is 0.278. The van der Waals surface area contributed by atoms with Gasteiger partial charge < -0.3 is 15.5 Å². The van der Waals surface area contributed by atoms with Crippen LogP contribution in [0.2, 0.25) is 0 Å². The van der Waals surface area contributed by atoms with E-state index >= 15 is 0 Å². The lowest BCUT2D eigenvalue weighted by atomic mass is 9.94. The first kappa shape index (κ1) is 16.7. The molecule has 2 rings (SSSR count). The van der Waals surface area contributed by atoms with Gasteiger partial charge in [-0.3, -0.25) is 4.79 Å². The standard InChI is InChI=1S/C18H21N3O2/c1-13(14-6-8-16(23-2)9-7-14)11-15(19)12-18(22)21-17-5-3-4-10-20-17/h3-10,13,19H,11-12H2,1-2H3,(H,20,21,22). The molecule has 5 heteroatoms. The molecule has 0 aliphatic heterocycles. The number of amides is 1. The van der Waals surface area contributed by atoms with E-state index in [1.54, 1.807) is 31.5 Å². The Bertz CT molecular complexity index is 654. The molecular formula is C18H21N3O2. The second-order valence-electron chi connectivity index (χ2n) is 5.42. The molecule has 0 saturated heterocycles. The Morgan fingerprint density at radius 1 is 1.26 bits per heavy atom. The second-order valence-corrected chi connectivity index (χ2v) is 5.42. The maximum absolute atomic E-state index is 11.9. The summed E-state index contributed by atoms with van der Waals surface area (Å²) in [5.41, 5.74) is 1.53. The lowest BCUT2D eigenvalue weighted by molar-refractivity contribution is -0.115. The summed E-state index contributed by atoms with van der Waals surface area (Å²) in [6, 6.07) is 13.1. The van der Waals surface area contributed by atoms with Crippen molar-refractivity contribution >= 4 is 17.4 Å². The van der Waals surface area contributed by atoms with Crippen molar-refractivity contribution in [3.63, 3.8) is 0 Å². The molecule has 1 aromatic heterocycles. The van der Waals surface area contributed by atoms with Crippen molar-refractivity contribution in [2.75, 3.05) is 12.4 Å². The van der Waals surface area contributed by atoms with Crippen molar-refractivity contribution in [3.8, 4) is 5.75 Å². The number of rotatable bonds is 7. The largest absolute Gasteiger partial charge is 0.497 e. The number of nitrogens with zero attached hydrogens (tertiary/aromatic N) is 1. The predicted molar refractivity (Wildman–Crippen MR) is 91.2 cm³/mol. The highest BCUT2D eigenvalue weighted by Gasteiger charge is 2.12. The summed E-state index contributed by atoms with van der Waals surface area (Å²) in [5, 5.41) is 10.7. The van der Waals surface area contributed by atoms with Crippen LogP contribution < -0.4 is 10.1 Å². The Morgan fingerprint density at radius 2 is 2.00 bits per heavy atom. The zero-order valence-corrected chi connectivity index (χ0v) is 13.4. The van der Waals surface area contributed by atoms with E-state index in [1.807, 2.05) is 31.2 Å². The Labute approximate surface area is 136 Å². The van der Waals surface area contributed by atoms with Gasteiger partial charge in [0.05, 0.1) is 13.5 Å². The Balaban J connectivity index is 1.84. The van der Waals surface area contributed by atoms with Crippen LogP contribution in [-0.4, -0.2) is 23.7 Å². The second kappa shape index (κ2) is 8.08. The average molecular weight is 311 g/mol. The predicted octanol–water partition coefficient (Wildman–Crippen LogP) is 3.63. The van der Waals surface area contributed by atoms with Crippen molar-refractivity contribution in [3.05, 3.63) is 54.2 Å². The smallest absolute Gasteiger partial charge is 0.231 e. The molecule has 2 N–H and O–H groups in total. The van der Waals surface area contributed by atoms with Crippen molar-refractivity contribution in [1.82, 2.24) is 4.98 Å². The minimum absolute atomic E-state index is 0.0804. The number of carbonyl (C=O) groups is 1. The molecule has 5 nitrogen and oxygen atoms in total. The third-order valence-corrected chi connectivity index (χ3v) is 3.54. The molecular weight excluding hydrogens is 290 g/mol. The molecule has 1 atom stereocenters. The number of ether oxygens (including phenoxy) is 1. The number of nitrogens with one attached hydrogen (secondary N) is 2. The van der Waals surface area contributed by atoms with Gasteiger partial charge in [0.1, 0.15) is 11.6 Å². The van der Waals surface area contributed by atoms with E-state index in [-0.39, 0.29) is 18.2 Å². The van der Waals surface area contributed by atoms with Crippen LogP contribution in [0.3, 0.4) is 0 Å². The molecule has 0 saturated carbocycles. The number of methoxy groups -OCH3 is 1. The van der Waals surface area contributed by atoms with Gasteiger partial charge in [0, 0.05) is 11.9 Å². The lowest BCUT2D eigenvalue weighted by Crippen LogP contribution is -2.17. The summed E-state index contributed by atoms with van der Waals surface area (Å²) in [5.74, 6) is 1.28. The SMILES string of the molecule is COc1ccc(C(C)CC(=N)CC(=O)Nc2ccccn2)cc1. The molecule has 0 fully saturated rings. The van der Waals surface area contributed by atoms with Crippen LogP contribution in [0.1, 0.15) is 31.2 Å². The molecule has 0 spiro atoms.